The summed E-state index contributed by atoms with van der Waals surface area (Å²) >= 11 is 0. The molecule has 0 atom stereocenters. The second-order valence-electron chi connectivity index (χ2n) is 6.54. The molecule has 6 heteroatoms. The third kappa shape index (κ3) is 9.99. The van der Waals surface area contributed by atoms with Crippen molar-refractivity contribution < 1.29 is 14.3 Å². The molecule has 0 radical (unpaired) electrons. The minimum Gasteiger partial charge on any atom is -0.449 e. The van der Waals surface area contributed by atoms with Crippen molar-refractivity contribution in [3.63, 3.8) is 0 Å². The van der Waals surface area contributed by atoms with Gasteiger partial charge in [-0.05, 0) is 43.8 Å². The van der Waals surface area contributed by atoms with E-state index in [1.165, 1.54) is 19.3 Å². The first-order chi connectivity index (χ1) is 13.1. The monoisotopic (exact) mass is 377 g/mol. The average Bonchev–Trinajstić information content (AvgIpc) is 2.68. The Balaban J connectivity index is 2.29. The summed E-state index contributed by atoms with van der Waals surface area (Å²) in [6, 6.07) is 6.82. The van der Waals surface area contributed by atoms with Crippen molar-refractivity contribution in [1.29, 1.82) is 0 Å². The molecule has 1 rings (SSSR count). The van der Waals surface area contributed by atoms with E-state index in [1.54, 1.807) is 24.3 Å². The van der Waals surface area contributed by atoms with Gasteiger partial charge in [-0.2, -0.15) is 0 Å². The third-order valence-electron chi connectivity index (χ3n) is 4.48. The van der Waals surface area contributed by atoms with Gasteiger partial charge in [0.25, 0.3) is 5.91 Å². The molecule has 0 saturated heterocycles. The van der Waals surface area contributed by atoms with Gasteiger partial charge in [0.05, 0.1) is 6.61 Å². The van der Waals surface area contributed by atoms with Crippen molar-refractivity contribution in [3.8, 4) is 0 Å². The number of amides is 2. The summed E-state index contributed by atoms with van der Waals surface area (Å²) in [6.07, 6.45) is 5.12. The Bertz CT molecular complexity index is 542. The van der Waals surface area contributed by atoms with E-state index in [9.17, 15) is 9.59 Å². The fraction of sp³-hybridized carbons (Fsp3) is 0.619. The van der Waals surface area contributed by atoms with Crippen LogP contribution in [0.4, 0.5) is 10.5 Å². The second-order valence-corrected chi connectivity index (χ2v) is 6.54. The predicted molar refractivity (Wildman–Crippen MR) is 110 cm³/mol. The van der Waals surface area contributed by atoms with Crippen molar-refractivity contribution in [3.05, 3.63) is 29.8 Å². The van der Waals surface area contributed by atoms with Gasteiger partial charge in [0, 0.05) is 24.3 Å². The molecular formula is C21H35N3O3. The average molecular weight is 378 g/mol. The Morgan fingerprint density at radius 2 is 1.63 bits per heavy atom. The van der Waals surface area contributed by atoms with Crippen molar-refractivity contribution in [2.75, 3.05) is 38.1 Å². The first kappa shape index (κ1) is 23.0. The Morgan fingerprint density at radius 3 is 2.26 bits per heavy atom. The third-order valence-corrected chi connectivity index (χ3v) is 4.48. The van der Waals surface area contributed by atoms with Gasteiger partial charge in [0.1, 0.15) is 0 Å². The zero-order valence-corrected chi connectivity index (χ0v) is 17.1. The maximum absolute atomic E-state index is 12.1. The first-order valence-electron chi connectivity index (χ1n) is 10.1. The summed E-state index contributed by atoms with van der Waals surface area (Å²) in [6.45, 7) is 10.2. The van der Waals surface area contributed by atoms with Crippen molar-refractivity contribution in [2.24, 2.45) is 0 Å². The highest BCUT2D eigenvalue weighted by molar-refractivity contribution is 5.95. The molecule has 0 fully saturated rings. The number of ether oxygens (including phenoxy) is 1. The Hall–Kier alpha value is -2.08. The van der Waals surface area contributed by atoms with Crippen LogP contribution < -0.4 is 10.6 Å². The lowest BCUT2D eigenvalue weighted by molar-refractivity contribution is 0.0949. The van der Waals surface area contributed by atoms with Crippen LogP contribution in [0.5, 0.6) is 0 Å². The van der Waals surface area contributed by atoms with Gasteiger partial charge >= 0.3 is 6.09 Å². The fourth-order valence-electron chi connectivity index (χ4n) is 2.70. The molecule has 27 heavy (non-hydrogen) atoms. The lowest BCUT2D eigenvalue weighted by atomic mass is 10.2. The number of rotatable bonds is 13. The molecule has 0 aliphatic heterocycles. The lowest BCUT2D eigenvalue weighted by Gasteiger charge is -2.17. The molecular weight excluding hydrogens is 342 g/mol. The molecule has 0 bridgehead atoms. The zero-order valence-electron chi connectivity index (χ0n) is 17.1. The maximum Gasteiger partial charge on any atom is 0.411 e. The van der Waals surface area contributed by atoms with Crippen molar-refractivity contribution in [1.82, 2.24) is 10.2 Å². The number of hydrogen-bond donors (Lipinski definition) is 2. The summed E-state index contributed by atoms with van der Waals surface area (Å²) < 4.78 is 5.17. The Kier molecular flexibility index (Phi) is 11.9. The largest absolute Gasteiger partial charge is 0.449 e. The molecule has 152 valence electrons. The molecule has 1 aromatic carbocycles. The summed E-state index contributed by atoms with van der Waals surface area (Å²) in [5, 5.41) is 5.60. The highest BCUT2D eigenvalue weighted by atomic mass is 16.5. The van der Waals surface area contributed by atoms with Crippen LogP contribution in [0.25, 0.3) is 0 Å². The summed E-state index contributed by atoms with van der Waals surface area (Å²) in [5.41, 5.74) is 1.19. The number of unbranched alkanes of at least 4 members (excludes halogenated alkanes) is 4. The zero-order chi connectivity index (χ0) is 19.9. The normalized spacial score (nSPS) is 10.7. The lowest BCUT2D eigenvalue weighted by Crippen LogP contribution is -2.34. The van der Waals surface area contributed by atoms with E-state index < -0.39 is 6.09 Å². The van der Waals surface area contributed by atoms with Gasteiger partial charge in [-0.25, -0.2) is 4.79 Å². The number of carbonyl (C=O) groups is 2. The molecule has 6 nitrogen and oxygen atoms in total. The highest BCUT2D eigenvalue weighted by Crippen LogP contribution is 2.10. The van der Waals surface area contributed by atoms with Gasteiger partial charge in [0.15, 0.2) is 0 Å². The molecule has 0 aliphatic rings. The summed E-state index contributed by atoms with van der Waals surface area (Å²) in [4.78, 5) is 26.2. The van der Waals surface area contributed by atoms with Gasteiger partial charge in [0.2, 0.25) is 0 Å². The quantitative estimate of drug-likeness (QED) is 0.504. The number of carbonyl (C=O) groups excluding carboxylic acids is 2. The van der Waals surface area contributed by atoms with E-state index in [1.807, 2.05) is 0 Å². The molecule has 0 aliphatic carbocycles. The second kappa shape index (κ2) is 14.0. The summed E-state index contributed by atoms with van der Waals surface area (Å²) in [5.74, 6) is -0.108. The molecule has 1 aromatic rings. The minimum atomic E-state index is -0.457. The van der Waals surface area contributed by atoms with E-state index in [-0.39, 0.29) is 5.91 Å². The molecule has 0 heterocycles. The fourth-order valence-corrected chi connectivity index (χ4v) is 2.70. The van der Waals surface area contributed by atoms with E-state index in [0.717, 1.165) is 32.5 Å². The minimum absolute atomic E-state index is 0.108. The Labute approximate surface area is 163 Å². The van der Waals surface area contributed by atoms with Crippen LogP contribution in [-0.4, -0.2) is 49.7 Å². The van der Waals surface area contributed by atoms with E-state index in [2.05, 4.69) is 36.3 Å². The van der Waals surface area contributed by atoms with Gasteiger partial charge < -0.3 is 15.0 Å². The molecule has 2 amide bonds. The predicted octanol–water partition coefficient (Wildman–Crippen LogP) is 4.28. The van der Waals surface area contributed by atoms with Crippen LogP contribution in [0.3, 0.4) is 0 Å². The van der Waals surface area contributed by atoms with Crippen molar-refractivity contribution >= 4 is 17.7 Å². The smallest absolute Gasteiger partial charge is 0.411 e. The topological polar surface area (TPSA) is 70.7 Å². The van der Waals surface area contributed by atoms with E-state index in [0.29, 0.717) is 24.4 Å². The number of likely N-dealkylation sites (N-methyl/N-ethyl adjacent to an activating group) is 1. The van der Waals surface area contributed by atoms with Crippen LogP contribution in [-0.2, 0) is 4.74 Å². The number of nitrogens with one attached hydrogen (secondary N) is 2. The molecule has 0 spiro atoms. The molecule has 0 saturated carbocycles. The van der Waals surface area contributed by atoms with Crippen LogP contribution in [0, 0.1) is 0 Å². The number of nitrogens with zero attached hydrogens (tertiary/aromatic N) is 1. The maximum atomic E-state index is 12.1. The molecule has 0 aromatic heterocycles. The van der Waals surface area contributed by atoms with Crippen molar-refractivity contribution in [2.45, 2.75) is 52.9 Å². The van der Waals surface area contributed by atoms with Crippen LogP contribution >= 0.6 is 0 Å². The highest BCUT2D eigenvalue weighted by Gasteiger charge is 2.07. The van der Waals surface area contributed by atoms with E-state index >= 15 is 0 Å². The van der Waals surface area contributed by atoms with Crippen LogP contribution in [0.15, 0.2) is 24.3 Å². The summed E-state index contributed by atoms with van der Waals surface area (Å²) in [7, 11) is 0. The standard InChI is InChI=1S/C21H35N3O3/c1-4-7-8-9-10-17-27-21(26)23-19-13-11-18(12-14-19)20(25)22-15-16-24(5-2)6-3/h11-14H,4-10,15-17H2,1-3H3,(H,22,25)(H,23,26). The molecule has 2 N–H and O–H groups in total. The SMILES string of the molecule is CCCCCCCOC(=O)Nc1ccc(C(=O)NCCN(CC)CC)cc1. The first-order valence-corrected chi connectivity index (χ1v) is 10.1. The van der Waals surface area contributed by atoms with Crippen LogP contribution in [0.2, 0.25) is 0 Å². The van der Waals surface area contributed by atoms with Gasteiger partial charge in [-0.3, -0.25) is 10.1 Å². The number of anilines is 1. The van der Waals surface area contributed by atoms with E-state index in [4.69, 9.17) is 4.74 Å². The van der Waals surface area contributed by atoms with Gasteiger partial charge in [-0.1, -0.05) is 46.5 Å². The number of hydrogen-bond acceptors (Lipinski definition) is 4. The van der Waals surface area contributed by atoms with Crippen LogP contribution in [0.1, 0.15) is 63.2 Å². The van der Waals surface area contributed by atoms with Gasteiger partial charge in [-0.15, -0.1) is 0 Å². The Morgan fingerprint density at radius 1 is 0.963 bits per heavy atom. The number of benzene rings is 1. The molecule has 0 unspecified atom stereocenters.